The average Bonchev–Trinajstić information content (AvgIpc) is 2.21. The third kappa shape index (κ3) is 3.55. The van der Waals surface area contributed by atoms with E-state index in [2.05, 4.69) is 15.9 Å². The van der Waals surface area contributed by atoms with E-state index in [1.165, 1.54) is 7.11 Å². The van der Waals surface area contributed by atoms with E-state index in [1.807, 2.05) is 0 Å². The highest BCUT2D eigenvalue weighted by Crippen LogP contribution is 2.22. The molecule has 2 nitrogen and oxygen atoms in total. The Balaban J connectivity index is 2.93. The molecule has 0 bridgehead atoms. The van der Waals surface area contributed by atoms with Crippen molar-refractivity contribution in [3.8, 4) is 0 Å². The first-order valence-electron chi connectivity index (χ1n) is 4.75. The molecule has 0 fully saturated rings. The summed E-state index contributed by atoms with van der Waals surface area (Å²) in [4.78, 5) is 0. The van der Waals surface area contributed by atoms with Gasteiger partial charge in [-0.3, -0.25) is 0 Å². The second kappa shape index (κ2) is 6.20. The van der Waals surface area contributed by atoms with Gasteiger partial charge in [0.25, 0.3) is 0 Å². The highest BCUT2D eigenvalue weighted by molar-refractivity contribution is 9.10. The topological polar surface area (TPSA) is 29.5 Å². The Morgan fingerprint density at radius 1 is 1.40 bits per heavy atom. The number of methoxy groups -OCH3 is 1. The molecule has 15 heavy (non-hydrogen) atoms. The number of hydrogen-bond donors (Lipinski definition) is 1. The van der Waals surface area contributed by atoms with Gasteiger partial charge in [-0.2, -0.15) is 0 Å². The third-order valence-electron chi connectivity index (χ3n) is 2.09. The molecule has 0 aliphatic rings. The van der Waals surface area contributed by atoms with Crippen molar-refractivity contribution in [1.29, 1.82) is 0 Å². The summed E-state index contributed by atoms with van der Waals surface area (Å²) in [6, 6.07) is 3.45. The van der Waals surface area contributed by atoms with Gasteiger partial charge in [-0.1, -0.05) is 15.9 Å². The molecule has 1 rings (SSSR count). The lowest BCUT2D eigenvalue weighted by molar-refractivity contribution is 0.181. The number of benzene rings is 1. The Hall–Kier alpha value is -0.450. The highest BCUT2D eigenvalue weighted by atomic mass is 79.9. The van der Waals surface area contributed by atoms with E-state index in [0.29, 0.717) is 24.0 Å². The van der Waals surface area contributed by atoms with Gasteiger partial charge in [0, 0.05) is 23.8 Å². The molecule has 0 amide bonds. The average molecular weight is 277 g/mol. The second-order valence-electron chi connectivity index (χ2n) is 3.30. The Bertz CT molecular complexity index is 329. The van der Waals surface area contributed by atoms with Gasteiger partial charge in [0.1, 0.15) is 5.82 Å². The van der Waals surface area contributed by atoms with Crippen LogP contribution in [0, 0.1) is 5.82 Å². The minimum atomic E-state index is -0.228. The fraction of sp³-hybridized carbons (Fsp3) is 0.455. The van der Waals surface area contributed by atoms with Crippen molar-refractivity contribution in [1.82, 2.24) is 0 Å². The van der Waals surface area contributed by atoms with Crippen LogP contribution in [0.5, 0.6) is 0 Å². The molecule has 0 aliphatic carbocycles. The molecule has 4 heteroatoms. The van der Waals surface area contributed by atoms with Crippen LogP contribution in [0.4, 0.5) is 4.39 Å². The number of aliphatic hydroxyl groups excluding tert-OH is 1. The SMILES string of the molecule is COCc1cc(Br)cc(CCCO)c1F. The van der Waals surface area contributed by atoms with Crippen molar-refractivity contribution in [3.05, 3.63) is 33.5 Å². The zero-order valence-corrected chi connectivity index (χ0v) is 10.2. The van der Waals surface area contributed by atoms with E-state index >= 15 is 0 Å². The number of aryl methyl sites for hydroxylation is 1. The molecule has 1 N–H and O–H groups in total. The zero-order valence-electron chi connectivity index (χ0n) is 8.59. The first-order valence-corrected chi connectivity index (χ1v) is 5.55. The lowest BCUT2D eigenvalue weighted by Gasteiger charge is -2.08. The predicted molar refractivity (Wildman–Crippen MR) is 60.2 cm³/mol. The first-order chi connectivity index (χ1) is 7.19. The second-order valence-corrected chi connectivity index (χ2v) is 4.21. The van der Waals surface area contributed by atoms with Crippen LogP contribution in [0.15, 0.2) is 16.6 Å². The van der Waals surface area contributed by atoms with Crippen molar-refractivity contribution in [2.24, 2.45) is 0 Å². The summed E-state index contributed by atoms with van der Waals surface area (Å²) in [5.74, 6) is -0.228. The van der Waals surface area contributed by atoms with Crippen LogP contribution < -0.4 is 0 Å². The van der Waals surface area contributed by atoms with Crippen LogP contribution >= 0.6 is 15.9 Å². The summed E-state index contributed by atoms with van der Waals surface area (Å²) in [5.41, 5.74) is 1.16. The first kappa shape index (κ1) is 12.6. The molecule has 0 radical (unpaired) electrons. The molecular weight excluding hydrogens is 263 g/mol. The van der Waals surface area contributed by atoms with Gasteiger partial charge in [-0.25, -0.2) is 4.39 Å². The molecule has 0 unspecified atom stereocenters. The lowest BCUT2D eigenvalue weighted by atomic mass is 10.1. The third-order valence-corrected chi connectivity index (χ3v) is 2.55. The largest absolute Gasteiger partial charge is 0.396 e. The van der Waals surface area contributed by atoms with Gasteiger partial charge < -0.3 is 9.84 Å². The molecule has 0 spiro atoms. The standard InChI is InChI=1S/C11H14BrFO2/c1-15-7-9-6-10(12)5-8(11(9)13)3-2-4-14/h5-6,14H,2-4,7H2,1H3. The van der Waals surface area contributed by atoms with Gasteiger partial charge in [0.05, 0.1) is 6.61 Å². The van der Waals surface area contributed by atoms with E-state index in [9.17, 15) is 4.39 Å². The molecule has 0 aromatic heterocycles. The molecule has 0 saturated carbocycles. The normalized spacial score (nSPS) is 10.7. The summed E-state index contributed by atoms with van der Waals surface area (Å²) in [6.45, 7) is 0.336. The van der Waals surface area contributed by atoms with Crippen molar-refractivity contribution in [2.75, 3.05) is 13.7 Å². The highest BCUT2D eigenvalue weighted by Gasteiger charge is 2.09. The number of aliphatic hydroxyl groups is 1. The van der Waals surface area contributed by atoms with Gasteiger partial charge in [0.15, 0.2) is 0 Å². The molecule has 84 valence electrons. The maximum atomic E-state index is 13.8. The van der Waals surface area contributed by atoms with Gasteiger partial charge >= 0.3 is 0 Å². The summed E-state index contributed by atoms with van der Waals surface area (Å²) < 4.78 is 19.5. The van der Waals surface area contributed by atoms with E-state index < -0.39 is 0 Å². The van der Waals surface area contributed by atoms with Gasteiger partial charge in [0.2, 0.25) is 0 Å². The number of hydrogen-bond acceptors (Lipinski definition) is 2. The van der Waals surface area contributed by atoms with Crippen molar-refractivity contribution < 1.29 is 14.2 Å². The molecular formula is C11H14BrFO2. The van der Waals surface area contributed by atoms with Gasteiger partial charge in [-0.05, 0) is 30.5 Å². The summed E-state index contributed by atoms with van der Waals surface area (Å²) >= 11 is 3.32. The number of ether oxygens (including phenoxy) is 1. The van der Waals surface area contributed by atoms with E-state index in [4.69, 9.17) is 9.84 Å². The lowest BCUT2D eigenvalue weighted by Crippen LogP contribution is -2.00. The minimum absolute atomic E-state index is 0.0750. The van der Waals surface area contributed by atoms with Crippen LogP contribution in [-0.2, 0) is 17.8 Å². The summed E-state index contributed by atoms with van der Waals surface area (Å²) in [5, 5.41) is 8.70. The summed E-state index contributed by atoms with van der Waals surface area (Å²) in [7, 11) is 1.54. The molecule has 0 heterocycles. The van der Waals surface area contributed by atoms with Gasteiger partial charge in [-0.15, -0.1) is 0 Å². The van der Waals surface area contributed by atoms with Crippen molar-refractivity contribution >= 4 is 15.9 Å². The quantitative estimate of drug-likeness (QED) is 0.896. The molecule has 1 aromatic rings. The van der Waals surface area contributed by atoms with E-state index in [0.717, 1.165) is 4.47 Å². The number of rotatable bonds is 5. The van der Waals surface area contributed by atoms with Crippen LogP contribution in [0.25, 0.3) is 0 Å². The molecule has 0 saturated heterocycles. The maximum absolute atomic E-state index is 13.8. The van der Waals surface area contributed by atoms with Crippen LogP contribution in [0.3, 0.4) is 0 Å². The predicted octanol–water partition coefficient (Wildman–Crippen LogP) is 2.66. The fourth-order valence-electron chi connectivity index (χ4n) is 1.42. The van der Waals surface area contributed by atoms with Crippen LogP contribution in [0.1, 0.15) is 17.5 Å². The van der Waals surface area contributed by atoms with E-state index in [1.54, 1.807) is 12.1 Å². The maximum Gasteiger partial charge on any atom is 0.131 e. The molecule has 0 aliphatic heterocycles. The minimum Gasteiger partial charge on any atom is -0.396 e. The van der Waals surface area contributed by atoms with Crippen LogP contribution in [-0.4, -0.2) is 18.8 Å². The molecule has 0 atom stereocenters. The Morgan fingerprint density at radius 3 is 2.67 bits per heavy atom. The fourth-order valence-corrected chi connectivity index (χ4v) is 1.97. The Morgan fingerprint density at radius 2 is 2.07 bits per heavy atom. The van der Waals surface area contributed by atoms with Crippen LogP contribution in [0.2, 0.25) is 0 Å². The van der Waals surface area contributed by atoms with Crippen molar-refractivity contribution in [2.45, 2.75) is 19.4 Å². The summed E-state index contributed by atoms with van der Waals surface area (Å²) in [6.07, 6.45) is 1.11. The Labute approximate surface area is 97.2 Å². The smallest absolute Gasteiger partial charge is 0.131 e. The van der Waals surface area contributed by atoms with Crippen molar-refractivity contribution in [3.63, 3.8) is 0 Å². The zero-order chi connectivity index (χ0) is 11.3. The monoisotopic (exact) mass is 276 g/mol. The molecule has 1 aromatic carbocycles. The van der Waals surface area contributed by atoms with E-state index in [-0.39, 0.29) is 19.0 Å². The number of halogens is 2. The Kier molecular flexibility index (Phi) is 5.22.